The van der Waals surface area contributed by atoms with Gasteiger partial charge in [0.25, 0.3) is 0 Å². The zero-order chi connectivity index (χ0) is 14.7. The van der Waals surface area contributed by atoms with Gasteiger partial charge in [0.2, 0.25) is 0 Å². The van der Waals surface area contributed by atoms with E-state index < -0.39 is 5.92 Å². The van der Waals surface area contributed by atoms with Crippen LogP contribution < -0.4 is 0 Å². The van der Waals surface area contributed by atoms with E-state index in [1.807, 2.05) is 6.07 Å². The quantitative estimate of drug-likeness (QED) is 0.694. The first-order valence-corrected chi connectivity index (χ1v) is 7.23. The minimum atomic E-state index is -0.904. The average molecular weight is 369 g/mol. The zero-order valence-corrected chi connectivity index (χ0v) is 13.2. The third kappa shape index (κ3) is 3.04. The second-order valence-electron chi connectivity index (χ2n) is 4.08. The van der Waals surface area contributed by atoms with Crippen molar-refractivity contribution >= 4 is 44.9 Å². The van der Waals surface area contributed by atoms with Crippen LogP contribution in [-0.4, -0.2) is 5.78 Å². The summed E-state index contributed by atoms with van der Waals surface area (Å²) in [6, 6.07) is 13.7. The van der Waals surface area contributed by atoms with Crippen LogP contribution in [0.25, 0.3) is 0 Å². The van der Waals surface area contributed by atoms with Crippen LogP contribution in [0, 0.1) is 11.3 Å². The number of carbonyl (C=O) groups excluding carboxylic acids is 1. The summed E-state index contributed by atoms with van der Waals surface area (Å²) in [6.07, 6.45) is 0. The molecule has 0 aliphatic carbocycles. The molecule has 0 aromatic heterocycles. The van der Waals surface area contributed by atoms with Crippen LogP contribution in [0.3, 0.4) is 0 Å². The van der Waals surface area contributed by atoms with E-state index in [0.29, 0.717) is 25.6 Å². The van der Waals surface area contributed by atoms with Crippen molar-refractivity contribution in [1.29, 1.82) is 5.26 Å². The SMILES string of the molecule is N#CC(C(=O)c1cccc(Br)c1Cl)c1ccc(Cl)cc1. The van der Waals surface area contributed by atoms with Crippen molar-refractivity contribution in [3.8, 4) is 6.07 Å². The first-order valence-electron chi connectivity index (χ1n) is 5.68. The third-order valence-corrected chi connectivity index (χ3v) is 4.36. The standard InChI is InChI=1S/C15H8BrCl2NO/c16-13-3-1-2-11(14(13)18)15(20)12(8-19)9-4-6-10(17)7-5-9/h1-7,12H. The molecule has 100 valence electrons. The van der Waals surface area contributed by atoms with Gasteiger partial charge in [-0.1, -0.05) is 41.4 Å². The molecule has 0 saturated heterocycles. The summed E-state index contributed by atoms with van der Waals surface area (Å²) in [4.78, 5) is 12.5. The summed E-state index contributed by atoms with van der Waals surface area (Å²) in [7, 11) is 0. The van der Waals surface area contributed by atoms with Crippen molar-refractivity contribution in [2.24, 2.45) is 0 Å². The van der Waals surface area contributed by atoms with Gasteiger partial charge in [-0.25, -0.2) is 0 Å². The third-order valence-electron chi connectivity index (χ3n) is 2.81. The molecule has 1 unspecified atom stereocenters. The molecule has 5 heteroatoms. The normalized spacial score (nSPS) is 11.7. The first kappa shape index (κ1) is 15.1. The minimum Gasteiger partial charge on any atom is -0.292 e. The number of carbonyl (C=O) groups is 1. The molecule has 0 aliphatic rings. The van der Waals surface area contributed by atoms with Crippen LogP contribution in [-0.2, 0) is 0 Å². The molecule has 20 heavy (non-hydrogen) atoms. The Morgan fingerprint density at radius 1 is 1.15 bits per heavy atom. The van der Waals surface area contributed by atoms with Gasteiger partial charge in [0, 0.05) is 15.1 Å². The number of rotatable bonds is 3. The van der Waals surface area contributed by atoms with E-state index in [-0.39, 0.29) is 5.78 Å². The smallest absolute Gasteiger partial charge is 0.185 e. The topological polar surface area (TPSA) is 40.9 Å². The fraction of sp³-hybridized carbons (Fsp3) is 0.0667. The highest BCUT2D eigenvalue weighted by atomic mass is 79.9. The highest BCUT2D eigenvalue weighted by molar-refractivity contribution is 9.10. The van der Waals surface area contributed by atoms with Crippen molar-refractivity contribution in [3.63, 3.8) is 0 Å². The lowest BCUT2D eigenvalue weighted by atomic mass is 9.92. The predicted molar refractivity (Wildman–Crippen MR) is 83.3 cm³/mol. The lowest BCUT2D eigenvalue weighted by molar-refractivity contribution is 0.0979. The maximum atomic E-state index is 12.5. The molecular weight excluding hydrogens is 361 g/mol. The van der Waals surface area contributed by atoms with Crippen molar-refractivity contribution in [2.75, 3.05) is 0 Å². The van der Waals surface area contributed by atoms with Gasteiger partial charge in [0.1, 0.15) is 5.92 Å². The van der Waals surface area contributed by atoms with Crippen molar-refractivity contribution in [3.05, 3.63) is 68.1 Å². The van der Waals surface area contributed by atoms with Crippen molar-refractivity contribution in [1.82, 2.24) is 0 Å². The molecule has 2 rings (SSSR count). The van der Waals surface area contributed by atoms with Gasteiger partial charge in [-0.05, 0) is 45.8 Å². The number of ketones is 1. The second-order valence-corrected chi connectivity index (χ2v) is 5.75. The zero-order valence-electron chi connectivity index (χ0n) is 10.1. The van der Waals surface area contributed by atoms with Gasteiger partial charge >= 0.3 is 0 Å². The van der Waals surface area contributed by atoms with Crippen molar-refractivity contribution in [2.45, 2.75) is 5.92 Å². The van der Waals surface area contributed by atoms with Gasteiger partial charge < -0.3 is 0 Å². The van der Waals surface area contributed by atoms with E-state index in [2.05, 4.69) is 15.9 Å². The molecule has 0 radical (unpaired) electrons. The lowest BCUT2D eigenvalue weighted by Gasteiger charge is -2.10. The molecule has 0 aliphatic heterocycles. The van der Waals surface area contributed by atoms with Gasteiger partial charge in [0.05, 0.1) is 11.1 Å². The number of halogens is 3. The molecule has 0 fully saturated rings. The summed E-state index contributed by atoms with van der Waals surface area (Å²) >= 11 is 15.2. The maximum Gasteiger partial charge on any atom is 0.185 e. The van der Waals surface area contributed by atoms with Gasteiger partial charge in [-0.3, -0.25) is 4.79 Å². The Labute approximate surface area is 135 Å². The van der Waals surface area contributed by atoms with Gasteiger partial charge in [-0.2, -0.15) is 5.26 Å². The average Bonchev–Trinajstić information content (AvgIpc) is 2.44. The Balaban J connectivity index is 2.42. The van der Waals surface area contributed by atoms with Crippen molar-refractivity contribution < 1.29 is 4.79 Å². The van der Waals surface area contributed by atoms with E-state index in [1.54, 1.807) is 42.5 Å². The number of benzene rings is 2. The monoisotopic (exact) mass is 367 g/mol. The number of hydrogen-bond acceptors (Lipinski definition) is 2. The van der Waals surface area contributed by atoms with Gasteiger partial charge in [0.15, 0.2) is 5.78 Å². The van der Waals surface area contributed by atoms with E-state index in [0.717, 1.165) is 0 Å². The highest BCUT2D eigenvalue weighted by Gasteiger charge is 2.24. The fourth-order valence-corrected chi connectivity index (χ4v) is 2.50. The Bertz CT molecular complexity index is 692. The number of hydrogen-bond donors (Lipinski definition) is 0. The van der Waals surface area contributed by atoms with E-state index in [9.17, 15) is 10.1 Å². The molecule has 0 N–H and O–H groups in total. The first-order chi connectivity index (χ1) is 9.54. The molecule has 2 aromatic carbocycles. The Morgan fingerprint density at radius 2 is 1.80 bits per heavy atom. The summed E-state index contributed by atoms with van der Waals surface area (Å²) in [5.41, 5.74) is 0.917. The Morgan fingerprint density at radius 3 is 2.40 bits per heavy atom. The van der Waals surface area contributed by atoms with Crippen LogP contribution >= 0.6 is 39.1 Å². The minimum absolute atomic E-state index is 0.312. The molecular formula is C15H8BrCl2NO. The summed E-state index contributed by atoms with van der Waals surface area (Å²) in [5.74, 6) is -1.24. The Hall–Kier alpha value is -1.34. The summed E-state index contributed by atoms with van der Waals surface area (Å²) in [5, 5.41) is 10.1. The van der Waals surface area contributed by atoms with Gasteiger partial charge in [-0.15, -0.1) is 0 Å². The summed E-state index contributed by atoms with van der Waals surface area (Å²) in [6.45, 7) is 0. The maximum absolute atomic E-state index is 12.5. The second kappa shape index (κ2) is 6.41. The van der Waals surface area contributed by atoms with Crippen LogP contribution in [0.2, 0.25) is 10.0 Å². The molecule has 2 aromatic rings. The van der Waals surface area contributed by atoms with E-state index in [4.69, 9.17) is 23.2 Å². The number of nitriles is 1. The molecule has 2 nitrogen and oxygen atoms in total. The van der Waals surface area contributed by atoms with E-state index in [1.165, 1.54) is 0 Å². The molecule has 0 saturated carbocycles. The predicted octanol–water partition coefficient (Wildman–Crippen LogP) is 5.25. The molecule has 0 spiro atoms. The van der Waals surface area contributed by atoms with Crippen LogP contribution in [0.15, 0.2) is 46.9 Å². The summed E-state index contributed by atoms with van der Waals surface area (Å²) < 4.78 is 0.623. The lowest BCUT2D eigenvalue weighted by Crippen LogP contribution is -2.12. The van der Waals surface area contributed by atoms with E-state index >= 15 is 0 Å². The molecule has 0 heterocycles. The van der Waals surface area contributed by atoms with Crippen LogP contribution in [0.4, 0.5) is 0 Å². The highest BCUT2D eigenvalue weighted by Crippen LogP contribution is 2.30. The Kier molecular flexibility index (Phi) is 4.82. The van der Waals surface area contributed by atoms with Crippen LogP contribution in [0.1, 0.15) is 21.8 Å². The molecule has 1 atom stereocenters. The molecule has 0 amide bonds. The van der Waals surface area contributed by atoms with Crippen LogP contribution in [0.5, 0.6) is 0 Å². The number of nitrogens with zero attached hydrogens (tertiary/aromatic N) is 1. The largest absolute Gasteiger partial charge is 0.292 e. The fourth-order valence-electron chi connectivity index (χ4n) is 1.79. The number of Topliss-reactive ketones (excluding diaryl/α,β-unsaturated/α-hetero) is 1. The molecule has 0 bridgehead atoms.